The summed E-state index contributed by atoms with van der Waals surface area (Å²) in [4.78, 5) is 37.6. The lowest BCUT2D eigenvalue weighted by Gasteiger charge is -2.23. The Morgan fingerprint density at radius 3 is 2.59 bits per heavy atom. The highest BCUT2D eigenvalue weighted by molar-refractivity contribution is 6.30. The quantitative estimate of drug-likeness (QED) is 0.752. The molecule has 1 heterocycles. The molecule has 5 atom stereocenters. The molecular formula is C22H19ClN2O4. The van der Waals surface area contributed by atoms with E-state index in [0.29, 0.717) is 22.0 Å². The maximum absolute atomic E-state index is 12.9. The second kappa shape index (κ2) is 6.88. The van der Waals surface area contributed by atoms with Crippen LogP contribution in [0.15, 0.2) is 48.5 Å². The van der Waals surface area contributed by atoms with Gasteiger partial charge in [0.25, 0.3) is 5.91 Å². The molecule has 148 valence electrons. The standard InChI is InChI=1S/C22H19ClN2O4/c23-13-4-6-14(7-5-13)24-20(26)11-2-1-3-15(8-11)25-21(27)18-12-9-16-17(10-12)29-22(28)19(16)18/h1-8,12,16-19H,9-10H2,(H,24,26)(H,25,27)/t12-,16+,17+,18-,19+/m1/s1. The van der Waals surface area contributed by atoms with Crippen molar-refractivity contribution in [3.05, 3.63) is 59.1 Å². The Morgan fingerprint density at radius 1 is 1.00 bits per heavy atom. The van der Waals surface area contributed by atoms with Crippen LogP contribution in [0.2, 0.25) is 5.02 Å². The van der Waals surface area contributed by atoms with Crippen molar-refractivity contribution in [2.24, 2.45) is 23.7 Å². The number of carbonyl (C=O) groups excluding carboxylic acids is 3. The van der Waals surface area contributed by atoms with E-state index >= 15 is 0 Å². The van der Waals surface area contributed by atoms with Crippen molar-refractivity contribution >= 4 is 40.8 Å². The van der Waals surface area contributed by atoms with Crippen LogP contribution in [0, 0.1) is 23.7 Å². The predicted molar refractivity (Wildman–Crippen MR) is 108 cm³/mol. The van der Waals surface area contributed by atoms with E-state index in [-0.39, 0.29) is 47.6 Å². The molecule has 0 spiro atoms. The van der Waals surface area contributed by atoms with Crippen molar-refractivity contribution in [1.29, 1.82) is 0 Å². The van der Waals surface area contributed by atoms with Crippen molar-refractivity contribution in [2.75, 3.05) is 10.6 Å². The lowest BCUT2D eigenvalue weighted by molar-refractivity contribution is -0.145. The highest BCUT2D eigenvalue weighted by Crippen LogP contribution is 2.57. The van der Waals surface area contributed by atoms with Crippen LogP contribution >= 0.6 is 11.6 Å². The van der Waals surface area contributed by atoms with Gasteiger partial charge in [-0.3, -0.25) is 14.4 Å². The minimum atomic E-state index is -0.349. The molecule has 2 aromatic rings. The van der Waals surface area contributed by atoms with E-state index in [0.717, 1.165) is 12.8 Å². The summed E-state index contributed by atoms with van der Waals surface area (Å²) in [6, 6.07) is 13.6. The number of hydrogen-bond donors (Lipinski definition) is 2. The maximum atomic E-state index is 12.9. The number of amides is 2. The Morgan fingerprint density at radius 2 is 1.79 bits per heavy atom. The van der Waals surface area contributed by atoms with Gasteiger partial charge in [0.15, 0.2) is 0 Å². The molecule has 3 fully saturated rings. The highest BCUT2D eigenvalue weighted by Gasteiger charge is 2.63. The van der Waals surface area contributed by atoms with Gasteiger partial charge in [-0.15, -0.1) is 0 Å². The van der Waals surface area contributed by atoms with Crippen molar-refractivity contribution in [1.82, 2.24) is 0 Å². The number of esters is 1. The topological polar surface area (TPSA) is 84.5 Å². The SMILES string of the molecule is O=C(Nc1ccc(Cl)cc1)c1cccc(NC(=O)[C@@H]2[C@@H]3C[C@@H]4[C@@H]2C(=O)O[C@H]4C3)c1. The zero-order chi connectivity index (χ0) is 20.1. The normalized spacial score (nSPS) is 28.9. The summed E-state index contributed by atoms with van der Waals surface area (Å²) in [6.45, 7) is 0. The zero-order valence-electron chi connectivity index (χ0n) is 15.4. The van der Waals surface area contributed by atoms with E-state index in [1.54, 1.807) is 48.5 Å². The number of rotatable bonds is 4. The minimum absolute atomic E-state index is 0.00133. The Labute approximate surface area is 172 Å². The molecule has 2 saturated carbocycles. The number of fused-ring (bicyclic) bond motifs is 1. The van der Waals surface area contributed by atoms with Crippen LogP contribution < -0.4 is 10.6 Å². The van der Waals surface area contributed by atoms with Crippen LogP contribution in [0.25, 0.3) is 0 Å². The van der Waals surface area contributed by atoms with Gasteiger partial charge in [-0.05, 0) is 61.2 Å². The van der Waals surface area contributed by atoms with Crippen molar-refractivity contribution in [2.45, 2.75) is 18.9 Å². The first-order valence-electron chi connectivity index (χ1n) is 9.68. The second-order valence-corrected chi connectivity index (χ2v) is 8.39. The van der Waals surface area contributed by atoms with Gasteiger partial charge < -0.3 is 15.4 Å². The number of hydrogen-bond acceptors (Lipinski definition) is 4. The summed E-state index contributed by atoms with van der Waals surface area (Å²) in [7, 11) is 0. The summed E-state index contributed by atoms with van der Waals surface area (Å²) in [5.74, 6) is -0.998. The molecule has 2 aliphatic carbocycles. The second-order valence-electron chi connectivity index (χ2n) is 7.95. The first-order chi connectivity index (χ1) is 14.0. The molecule has 6 nitrogen and oxygen atoms in total. The third kappa shape index (κ3) is 3.17. The summed E-state index contributed by atoms with van der Waals surface area (Å²) in [5, 5.41) is 6.28. The van der Waals surface area contributed by atoms with Gasteiger partial charge in [-0.1, -0.05) is 17.7 Å². The van der Waals surface area contributed by atoms with Gasteiger partial charge in [-0.25, -0.2) is 0 Å². The van der Waals surface area contributed by atoms with E-state index in [1.165, 1.54) is 0 Å². The molecule has 29 heavy (non-hydrogen) atoms. The number of halogens is 1. The molecule has 3 aliphatic rings. The van der Waals surface area contributed by atoms with Gasteiger partial charge in [0.1, 0.15) is 6.10 Å². The zero-order valence-corrected chi connectivity index (χ0v) is 16.2. The lowest BCUT2D eigenvalue weighted by atomic mass is 9.79. The molecule has 0 radical (unpaired) electrons. The van der Waals surface area contributed by atoms with Gasteiger partial charge in [0, 0.05) is 27.9 Å². The third-order valence-electron chi connectivity index (χ3n) is 6.28. The number of anilines is 2. The molecule has 1 saturated heterocycles. The molecule has 7 heteroatoms. The molecule has 2 amide bonds. The molecule has 1 aliphatic heterocycles. The Hall–Kier alpha value is -2.86. The first kappa shape index (κ1) is 18.2. The van der Waals surface area contributed by atoms with Crippen LogP contribution in [-0.4, -0.2) is 23.9 Å². The van der Waals surface area contributed by atoms with Crippen LogP contribution in [0.3, 0.4) is 0 Å². The van der Waals surface area contributed by atoms with Crippen LogP contribution in [0.4, 0.5) is 11.4 Å². The van der Waals surface area contributed by atoms with E-state index in [9.17, 15) is 14.4 Å². The first-order valence-corrected chi connectivity index (χ1v) is 10.1. The monoisotopic (exact) mass is 410 g/mol. The largest absolute Gasteiger partial charge is 0.462 e. The summed E-state index contributed by atoms with van der Waals surface area (Å²) >= 11 is 5.86. The van der Waals surface area contributed by atoms with E-state index in [4.69, 9.17) is 16.3 Å². The van der Waals surface area contributed by atoms with Crippen molar-refractivity contribution < 1.29 is 19.1 Å². The van der Waals surface area contributed by atoms with E-state index in [1.807, 2.05) is 0 Å². The summed E-state index contributed by atoms with van der Waals surface area (Å²) < 4.78 is 5.40. The predicted octanol–water partition coefficient (Wildman–Crippen LogP) is 3.73. The Bertz CT molecular complexity index is 1000. The summed E-state index contributed by atoms with van der Waals surface area (Å²) in [6.07, 6.45) is 1.65. The minimum Gasteiger partial charge on any atom is -0.462 e. The lowest BCUT2D eigenvalue weighted by Crippen LogP contribution is -2.35. The third-order valence-corrected chi connectivity index (χ3v) is 6.53. The molecule has 0 unspecified atom stereocenters. The molecule has 0 aromatic heterocycles. The van der Waals surface area contributed by atoms with Gasteiger partial charge in [0.2, 0.25) is 5.91 Å². The average molecular weight is 411 g/mol. The Balaban J connectivity index is 1.29. The molecule has 2 bridgehead atoms. The number of ether oxygens (including phenoxy) is 1. The van der Waals surface area contributed by atoms with Gasteiger partial charge in [0.05, 0.1) is 11.8 Å². The van der Waals surface area contributed by atoms with Gasteiger partial charge in [-0.2, -0.15) is 0 Å². The summed E-state index contributed by atoms with van der Waals surface area (Å²) in [5.41, 5.74) is 1.58. The molecular weight excluding hydrogens is 392 g/mol. The fourth-order valence-electron chi connectivity index (χ4n) is 5.06. The number of nitrogens with one attached hydrogen (secondary N) is 2. The van der Waals surface area contributed by atoms with Crippen molar-refractivity contribution in [3.8, 4) is 0 Å². The fourth-order valence-corrected chi connectivity index (χ4v) is 5.19. The fraction of sp³-hybridized carbons (Fsp3) is 0.318. The van der Waals surface area contributed by atoms with Crippen LogP contribution in [-0.2, 0) is 14.3 Å². The van der Waals surface area contributed by atoms with Crippen molar-refractivity contribution in [3.63, 3.8) is 0 Å². The van der Waals surface area contributed by atoms with Crippen LogP contribution in [0.5, 0.6) is 0 Å². The number of benzene rings is 2. The molecule has 5 rings (SSSR count). The number of carbonyl (C=O) groups is 3. The maximum Gasteiger partial charge on any atom is 0.310 e. The van der Waals surface area contributed by atoms with E-state index < -0.39 is 0 Å². The van der Waals surface area contributed by atoms with E-state index in [2.05, 4.69) is 10.6 Å². The molecule has 2 N–H and O–H groups in total. The highest BCUT2D eigenvalue weighted by atomic mass is 35.5. The molecule has 2 aromatic carbocycles. The smallest absolute Gasteiger partial charge is 0.310 e. The van der Waals surface area contributed by atoms with Crippen LogP contribution in [0.1, 0.15) is 23.2 Å². The Kier molecular flexibility index (Phi) is 4.32. The van der Waals surface area contributed by atoms with Gasteiger partial charge >= 0.3 is 5.97 Å². The average Bonchev–Trinajstić information content (AvgIpc) is 3.32.